The van der Waals surface area contributed by atoms with Gasteiger partial charge in [-0.1, -0.05) is 11.6 Å². The van der Waals surface area contributed by atoms with Gasteiger partial charge in [0.1, 0.15) is 30.5 Å². The summed E-state index contributed by atoms with van der Waals surface area (Å²) in [6, 6.07) is 0. The van der Waals surface area contributed by atoms with E-state index in [0.717, 1.165) is 0 Å². The molecule has 7 atom stereocenters. The van der Waals surface area contributed by atoms with Gasteiger partial charge in [0.2, 0.25) is 0 Å². The molecule has 8 nitrogen and oxygen atoms in total. The number of epoxide rings is 1. The third kappa shape index (κ3) is 3.05. The molecule has 4 heterocycles. The van der Waals surface area contributed by atoms with Crippen molar-refractivity contribution in [3.05, 3.63) is 0 Å². The standard InChI is InChI=1S/C17H25ClO8/c1-7(2)20-14(19)17(18)12(25-17)10-8-9(23-15(3,4)22-8)11-13(21-10)26-16(5,6)24-11/h7-13H,1-6H3/t8-,9+,10+,11-,12-,13-,17?/m1/s1. The van der Waals surface area contributed by atoms with Gasteiger partial charge in [-0.3, -0.25) is 0 Å². The van der Waals surface area contributed by atoms with Gasteiger partial charge >= 0.3 is 5.97 Å². The number of rotatable bonds is 3. The fourth-order valence-corrected chi connectivity index (χ4v) is 4.04. The molecular weight excluding hydrogens is 368 g/mol. The Balaban J connectivity index is 1.57. The van der Waals surface area contributed by atoms with Gasteiger partial charge in [-0.25, -0.2) is 4.79 Å². The first-order chi connectivity index (χ1) is 11.9. The average Bonchev–Trinajstić information content (AvgIpc) is 2.90. The van der Waals surface area contributed by atoms with E-state index in [1.165, 1.54) is 0 Å². The van der Waals surface area contributed by atoms with Gasteiger partial charge in [-0.2, -0.15) is 0 Å². The maximum absolute atomic E-state index is 12.3. The summed E-state index contributed by atoms with van der Waals surface area (Å²) in [5.74, 6) is -2.28. The Morgan fingerprint density at radius 3 is 2.04 bits per heavy atom. The first-order valence-electron chi connectivity index (χ1n) is 8.86. The van der Waals surface area contributed by atoms with Gasteiger partial charge in [0.15, 0.2) is 17.9 Å². The van der Waals surface area contributed by atoms with Crippen LogP contribution in [0.25, 0.3) is 0 Å². The highest BCUT2D eigenvalue weighted by molar-refractivity contribution is 6.35. The molecule has 4 aliphatic rings. The van der Waals surface area contributed by atoms with Crippen molar-refractivity contribution < 1.29 is 38.0 Å². The Labute approximate surface area is 157 Å². The number of esters is 1. The van der Waals surface area contributed by atoms with Crippen molar-refractivity contribution in [2.45, 2.75) is 101 Å². The lowest BCUT2D eigenvalue weighted by Crippen LogP contribution is -2.57. The zero-order chi connectivity index (χ0) is 19.1. The van der Waals surface area contributed by atoms with Gasteiger partial charge in [-0.05, 0) is 41.5 Å². The first kappa shape index (κ1) is 18.9. The number of halogens is 1. The van der Waals surface area contributed by atoms with Gasteiger partial charge in [0.05, 0.1) is 6.10 Å². The topological polar surface area (TPSA) is 85.0 Å². The minimum atomic E-state index is -1.59. The quantitative estimate of drug-likeness (QED) is 0.407. The van der Waals surface area contributed by atoms with Crippen LogP contribution < -0.4 is 0 Å². The van der Waals surface area contributed by atoms with E-state index in [1.807, 2.05) is 13.8 Å². The number of carbonyl (C=O) groups excluding carboxylic acids is 1. The molecule has 4 aliphatic heterocycles. The van der Waals surface area contributed by atoms with Crippen LogP contribution in [0.4, 0.5) is 0 Å². The summed E-state index contributed by atoms with van der Waals surface area (Å²) < 4.78 is 40.6. The van der Waals surface area contributed by atoms with Crippen molar-refractivity contribution in [3.63, 3.8) is 0 Å². The number of alkyl halides is 1. The van der Waals surface area contributed by atoms with Gasteiger partial charge in [-0.15, -0.1) is 0 Å². The zero-order valence-electron chi connectivity index (χ0n) is 15.7. The molecule has 0 N–H and O–H groups in total. The summed E-state index contributed by atoms with van der Waals surface area (Å²) in [5.41, 5.74) is 0. The van der Waals surface area contributed by atoms with E-state index in [9.17, 15) is 4.79 Å². The fraction of sp³-hybridized carbons (Fsp3) is 0.941. The summed E-state index contributed by atoms with van der Waals surface area (Å²) in [6.07, 6.45) is -3.74. The Hall–Kier alpha value is -0.480. The molecule has 0 aromatic heterocycles. The highest BCUT2D eigenvalue weighted by Gasteiger charge is 2.73. The first-order valence-corrected chi connectivity index (χ1v) is 9.24. The fourth-order valence-electron chi connectivity index (χ4n) is 3.77. The lowest BCUT2D eigenvalue weighted by molar-refractivity contribution is -0.237. The number of ether oxygens (including phenoxy) is 7. The van der Waals surface area contributed by atoms with Crippen molar-refractivity contribution in [2.24, 2.45) is 0 Å². The Morgan fingerprint density at radius 2 is 1.42 bits per heavy atom. The van der Waals surface area contributed by atoms with E-state index in [-0.39, 0.29) is 6.10 Å². The molecule has 0 saturated carbocycles. The second-order valence-electron chi connectivity index (χ2n) is 8.27. The van der Waals surface area contributed by atoms with Gasteiger partial charge < -0.3 is 33.2 Å². The van der Waals surface area contributed by atoms with Crippen LogP contribution in [0.1, 0.15) is 41.5 Å². The second kappa shape index (κ2) is 5.76. The van der Waals surface area contributed by atoms with Crippen LogP contribution in [0.15, 0.2) is 0 Å². The van der Waals surface area contributed by atoms with Crippen LogP contribution in [-0.2, 0) is 38.0 Å². The highest BCUT2D eigenvalue weighted by Crippen LogP contribution is 2.52. The number of fused-ring (bicyclic) bond motifs is 3. The number of carbonyl (C=O) groups is 1. The summed E-state index contributed by atoms with van der Waals surface area (Å²) in [4.78, 5) is 12.3. The van der Waals surface area contributed by atoms with Crippen molar-refractivity contribution in [1.82, 2.24) is 0 Å². The van der Waals surface area contributed by atoms with Crippen molar-refractivity contribution in [1.29, 1.82) is 0 Å². The molecule has 4 rings (SSSR count). The monoisotopic (exact) mass is 392 g/mol. The maximum atomic E-state index is 12.3. The summed E-state index contributed by atoms with van der Waals surface area (Å²) in [6.45, 7) is 10.7. The minimum Gasteiger partial charge on any atom is -0.460 e. The third-order valence-electron chi connectivity index (χ3n) is 4.72. The molecule has 0 bridgehead atoms. The molecular formula is C17H25ClO8. The van der Waals surface area contributed by atoms with E-state index >= 15 is 0 Å². The lowest BCUT2D eigenvalue weighted by atomic mass is 9.95. The molecule has 0 radical (unpaired) electrons. The Kier molecular flexibility index (Phi) is 4.18. The number of hydrogen-bond donors (Lipinski definition) is 0. The largest absolute Gasteiger partial charge is 0.460 e. The predicted molar refractivity (Wildman–Crippen MR) is 87.2 cm³/mol. The van der Waals surface area contributed by atoms with Gasteiger partial charge in [0, 0.05) is 0 Å². The smallest absolute Gasteiger partial charge is 0.357 e. The molecule has 1 unspecified atom stereocenters. The van der Waals surface area contributed by atoms with Crippen LogP contribution >= 0.6 is 11.6 Å². The molecule has 26 heavy (non-hydrogen) atoms. The molecule has 0 aromatic carbocycles. The molecule has 0 amide bonds. The molecule has 0 aliphatic carbocycles. The van der Waals surface area contributed by atoms with Crippen LogP contribution in [0.3, 0.4) is 0 Å². The lowest BCUT2D eigenvalue weighted by Gasteiger charge is -2.36. The normalized spacial score (nSPS) is 48.2. The van der Waals surface area contributed by atoms with E-state index in [4.69, 9.17) is 44.8 Å². The SMILES string of the molecule is CC(C)OC(=O)C1(Cl)O[C@@H]1[C@H]1O[C@@H]2OC(C)(C)O[C@@H]2[C@H]2OC(C)(C)O[C@H]21. The Bertz CT molecular complexity index is 608. The highest BCUT2D eigenvalue weighted by atomic mass is 35.5. The zero-order valence-corrected chi connectivity index (χ0v) is 16.4. The van der Waals surface area contributed by atoms with E-state index < -0.39 is 59.4 Å². The number of hydrogen-bond acceptors (Lipinski definition) is 8. The molecule has 9 heteroatoms. The minimum absolute atomic E-state index is 0.301. The van der Waals surface area contributed by atoms with Crippen LogP contribution in [0, 0.1) is 0 Å². The van der Waals surface area contributed by atoms with Gasteiger partial charge in [0.25, 0.3) is 5.06 Å². The van der Waals surface area contributed by atoms with Crippen molar-refractivity contribution in [3.8, 4) is 0 Å². The second-order valence-corrected chi connectivity index (χ2v) is 8.83. The maximum Gasteiger partial charge on any atom is 0.357 e. The third-order valence-corrected chi connectivity index (χ3v) is 5.18. The summed E-state index contributed by atoms with van der Waals surface area (Å²) in [5, 5.41) is -1.59. The van der Waals surface area contributed by atoms with E-state index in [2.05, 4.69) is 0 Å². The van der Waals surface area contributed by atoms with Crippen molar-refractivity contribution >= 4 is 17.6 Å². The van der Waals surface area contributed by atoms with Crippen LogP contribution in [-0.4, -0.2) is 65.5 Å². The molecule has 4 saturated heterocycles. The average molecular weight is 393 g/mol. The molecule has 148 valence electrons. The van der Waals surface area contributed by atoms with Crippen molar-refractivity contribution in [2.75, 3.05) is 0 Å². The molecule has 4 fully saturated rings. The Morgan fingerprint density at radius 1 is 0.885 bits per heavy atom. The van der Waals surface area contributed by atoms with Crippen LogP contribution in [0.5, 0.6) is 0 Å². The summed E-state index contributed by atoms with van der Waals surface area (Å²) in [7, 11) is 0. The predicted octanol–water partition coefficient (Wildman–Crippen LogP) is 1.67. The van der Waals surface area contributed by atoms with E-state index in [1.54, 1.807) is 27.7 Å². The summed E-state index contributed by atoms with van der Waals surface area (Å²) >= 11 is 6.35. The molecule has 0 spiro atoms. The van der Waals surface area contributed by atoms with Crippen LogP contribution in [0.2, 0.25) is 0 Å². The molecule has 0 aromatic rings. The van der Waals surface area contributed by atoms with E-state index in [0.29, 0.717) is 0 Å².